The summed E-state index contributed by atoms with van der Waals surface area (Å²) in [4.78, 5) is 23.6. The molecular weight excluding hydrogens is 246 g/mol. The summed E-state index contributed by atoms with van der Waals surface area (Å²) in [6, 6.07) is 5.45. The molecule has 1 heterocycles. The molecule has 0 aliphatic carbocycles. The second-order valence-electron chi connectivity index (χ2n) is 3.55. The molecule has 0 aromatic heterocycles. The largest absolute Gasteiger partial charge is 0.439 e. The van der Waals surface area contributed by atoms with E-state index in [2.05, 4.69) is 4.74 Å². The van der Waals surface area contributed by atoms with Gasteiger partial charge in [0, 0.05) is 6.26 Å². The lowest BCUT2D eigenvalue weighted by Gasteiger charge is -2.10. The van der Waals surface area contributed by atoms with Crippen molar-refractivity contribution in [2.45, 2.75) is 4.90 Å². The third kappa shape index (κ3) is 2.14. The molecule has 0 unspecified atom stereocenters. The quantitative estimate of drug-likeness (QED) is 0.771. The first-order valence-corrected chi connectivity index (χ1v) is 6.58. The predicted octanol–water partition coefficient (Wildman–Crippen LogP) is 0.573. The Labute approximate surface area is 97.7 Å². The van der Waals surface area contributed by atoms with Crippen LogP contribution in [0, 0.1) is 0 Å². The molecule has 90 valence electrons. The van der Waals surface area contributed by atoms with E-state index in [0.29, 0.717) is 5.69 Å². The van der Waals surface area contributed by atoms with E-state index < -0.39 is 21.8 Å². The maximum absolute atomic E-state index is 11.3. The molecule has 7 heteroatoms. The predicted molar refractivity (Wildman–Crippen MR) is 58.4 cm³/mol. The number of hydrogen-bond donors (Lipinski definition) is 0. The van der Waals surface area contributed by atoms with E-state index in [1.54, 1.807) is 0 Å². The van der Waals surface area contributed by atoms with E-state index in [1.807, 2.05) is 0 Å². The van der Waals surface area contributed by atoms with Crippen molar-refractivity contribution in [2.24, 2.45) is 0 Å². The fourth-order valence-electron chi connectivity index (χ4n) is 1.45. The lowest BCUT2D eigenvalue weighted by Crippen LogP contribution is -2.28. The number of cyclic esters (lactones) is 1. The van der Waals surface area contributed by atoms with E-state index in [4.69, 9.17) is 0 Å². The SMILES string of the molecule is CS(=O)(=O)c1ccc(N2C(=O)COC2=O)cc1. The molecule has 0 spiro atoms. The van der Waals surface area contributed by atoms with Crippen LogP contribution in [0.1, 0.15) is 0 Å². The number of rotatable bonds is 2. The van der Waals surface area contributed by atoms with Gasteiger partial charge in [-0.25, -0.2) is 18.1 Å². The summed E-state index contributed by atoms with van der Waals surface area (Å²) in [7, 11) is -3.29. The smallest absolute Gasteiger partial charge is 0.421 e. The average molecular weight is 255 g/mol. The molecule has 1 aliphatic heterocycles. The second kappa shape index (κ2) is 3.85. The lowest BCUT2D eigenvalue weighted by atomic mass is 10.3. The summed E-state index contributed by atoms with van der Waals surface area (Å²) in [5, 5.41) is 0. The Morgan fingerprint density at radius 2 is 1.76 bits per heavy atom. The molecule has 6 nitrogen and oxygen atoms in total. The Bertz CT molecular complexity index is 559. The van der Waals surface area contributed by atoms with Gasteiger partial charge in [0.05, 0.1) is 10.6 Å². The molecule has 0 radical (unpaired) electrons. The van der Waals surface area contributed by atoms with Gasteiger partial charge in [-0.2, -0.15) is 0 Å². The minimum atomic E-state index is -3.29. The molecule has 0 bridgehead atoms. The molecule has 2 amide bonds. The van der Waals surface area contributed by atoms with Gasteiger partial charge in [-0.15, -0.1) is 0 Å². The first kappa shape index (κ1) is 11.6. The highest BCUT2D eigenvalue weighted by Gasteiger charge is 2.32. The summed E-state index contributed by atoms with van der Waals surface area (Å²) in [5.41, 5.74) is 0.296. The number of imide groups is 1. The standard InChI is InChI=1S/C10H9NO5S/c1-17(14,15)8-4-2-7(3-5-8)11-9(12)6-16-10(11)13/h2-5H,6H2,1H3. The number of hydrogen-bond acceptors (Lipinski definition) is 5. The average Bonchev–Trinajstić information content (AvgIpc) is 2.58. The maximum Gasteiger partial charge on any atom is 0.421 e. The third-order valence-electron chi connectivity index (χ3n) is 2.27. The molecule has 17 heavy (non-hydrogen) atoms. The van der Waals surface area contributed by atoms with Gasteiger partial charge >= 0.3 is 6.09 Å². The fraction of sp³-hybridized carbons (Fsp3) is 0.200. The molecule has 1 saturated heterocycles. The Hall–Kier alpha value is -1.89. The minimum Gasteiger partial charge on any atom is -0.439 e. The van der Waals surface area contributed by atoms with Gasteiger partial charge < -0.3 is 4.74 Å². The maximum atomic E-state index is 11.3. The molecule has 0 saturated carbocycles. The van der Waals surface area contributed by atoms with Gasteiger partial charge in [0.2, 0.25) is 0 Å². The van der Waals surface area contributed by atoms with E-state index in [9.17, 15) is 18.0 Å². The van der Waals surface area contributed by atoms with Crippen LogP contribution in [0.2, 0.25) is 0 Å². The van der Waals surface area contributed by atoms with Gasteiger partial charge in [0.15, 0.2) is 16.4 Å². The minimum absolute atomic E-state index is 0.126. The van der Waals surface area contributed by atoms with Gasteiger partial charge in [0.1, 0.15) is 0 Å². The normalized spacial score (nSPS) is 16.2. The summed E-state index contributed by atoms with van der Waals surface area (Å²) in [6.07, 6.45) is 0.333. The van der Waals surface area contributed by atoms with Crippen molar-refractivity contribution in [3.63, 3.8) is 0 Å². The monoisotopic (exact) mass is 255 g/mol. The van der Waals surface area contributed by atoms with Crippen LogP contribution in [-0.2, 0) is 19.4 Å². The highest BCUT2D eigenvalue weighted by Crippen LogP contribution is 2.21. The lowest BCUT2D eigenvalue weighted by molar-refractivity contribution is -0.117. The Kier molecular flexibility index (Phi) is 2.62. The molecule has 0 N–H and O–H groups in total. The third-order valence-corrected chi connectivity index (χ3v) is 3.40. The number of nitrogens with zero attached hydrogens (tertiary/aromatic N) is 1. The zero-order chi connectivity index (χ0) is 12.6. The first-order valence-electron chi connectivity index (χ1n) is 4.69. The highest BCUT2D eigenvalue weighted by molar-refractivity contribution is 7.90. The Balaban J connectivity index is 2.36. The van der Waals surface area contributed by atoms with Gasteiger partial charge in [-0.1, -0.05) is 0 Å². The Morgan fingerprint density at radius 3 is 2.18 bits per heavy atom. The molecule has 1 fully saturated rings. The van der Waals surface area contributed by atoms with E-state index in [1.165, 1.54) is 24.3 Å². The van der Waals surface area contributed by atoms with Crippen LogP contribution in [0.5, 0.6) is 0 Å². The van der Waals surface area contributed by atoms with Crippen molar-refractivity contribution < 1.29 is 22.7 Å². The molecule has 1 aliphatic rings. The molecule has 0 atom stereocenters. The van der Waals surface area contributed by atoms with Crippen LogP contribution >= 0.6 is 0 Å². The number of amides is 2. The van der Waals surface area contributed by atoms with E-state index >= 15 is 0 Å². The van der Waals surface area contributed by atoms with Crippen LogP contribution in [0.4, 0.5) is 10.5 Å². The van der Waals surface area contributed by atoms with Crippen LogP contribution in [0.15, 0.2) is 29.2 Å². The number of anilines is 1. The topological polar surface area (TPSA) is 80.8 Å². The second-order valence-corrected chi connectivity index (χ2v) is 5.57. The van der Waals surface area contributed by atoms with Crippen LogP contribution in [-0.4, -0.2) is 33.3 Å². The molecule has 1 aromatic carbocycles. The summed E-state index contributed by atoms with van der Waals surface area (Å²) in [6.45, 7) is -0.285. The van der Waals surface area contributed by atoms with Gasteiger partial charge in [-0.05, 0) is 24.3 Å². The number of carbonyl (C=O) groups excluding carboxylic acids is 2. The summed E-state index contributed by atoms with van der Waals surface area (Å²) in [5.74, 6) is -0.470. The number of sulfone groups is 1. The first-order chi connectivity index (χ1) is 7.89. The number of benzene rings is 1. The van der Waals surface area contributed by atoms with E-state index in [-0.39, 0.29) is 11.5 Å². The molecule has 2 rings (SSSR count). The summed E-state index contributed by atoms with van der Waals surface area (Å²) < 4.78 is 27.0. The van der Waals surface area contributed by atoms with Crippen molar-refractivity contribution >= 4 is 27.5 Å². The van der Waals surface area contributed by atoms with E-state index in [0.717, 1.165) is 11.2 Å². The zero-order valence-electron chi connectivity index (χ0n) is 8.91. The molecular formula is C10H9NO5S. The van der Waals surface area contributed by atoms with Crippen LogP contribution < -0.4 is 4.90 Å². The highest BCUT2D eigenvalue weighted by atomic mass is 32.2. The van der Waals surface area contributed by atoms with Crippen molar-refractivity contribution in [1.82, 2.24) is 0 Å². The zero-order valence-corrected chi connectivity index (χ0v) is 9.73. The van der Waals surface area contributed by atoms with Crippen LogP contribution in [0.3, 0.4) is 0 Å². The van der Waals surface area contributed by atoms with Crippen molar-refractivity contribution in [1.29, 1.82) is 0 Å². The summed E-state index contributed by atoms with van der Waals surface area (Å²) >= 11 is 0. The number of ether oxygens (including phenoxy) is 1. The fourth-order valence-corrected chi connectivity index (χ4v) is 2.08. The van der Waals surface area contributed by atoms with Gasteiger partial charge in [-0.3, -0.25) is 4.79 Å². The van der Waals surface area contributed by atoms with Crippen molar-refractivity contribution in [3.05, 3.63) is 24.3 Å². The number of carbonyl (C=O) groups is 2. The molecule has 1 aromatic rings. The van der Waals surface area contributed by atoms with Crippen molar-refractivity contribution in [2.75, 3.05) is 17.8 Å². The van der Waals surface area contributed by atoms with Crippen molar-refractivity contribution in [3.8, 4) is 0 Å². The Morgan fingerprint density at radius 1 is 1.18 bits per heavy atom. The van der Waals surface area contributed by atoms with Crippen LogP contribution in [0.25, 0.3) is 0 Å². The van der Waals surface area contributed by atoms with Gasteiger partial charge in [0.25, 0.3) is 5.91 Å².